The predicted octanol–water partition coefficient (Wildman–Crippen LogP) is 2.39. The molecule has 0 amide bonds. The van der Waals surface area contributed by atoms with E-state index < -0.39 is 0 Å². The summed E-state index contributed by atoms with van der Waals surface area (Å²) in [7, 11) is 0. The molecule has 1 fully saturated rings. The molecule has 1 aliphatic heterocycles. The van der Waals surface area contributed by atoms with Crippen LogP contribution in [0.25, 0.3) is 10.8 Å². The van der Waals surface area contributed by atoms with E-state index in [2.05, 4.69) is 34.3 Å². The number of pyridine rings is 1. The van der Waals surface area contributed by atoms with Gasteiger partial charge in [0.25, 0.3) is 0 Å². The average Bonchev–Trinajstić information content (AvgIpc) is 2.41. The van der Waals surface area contributed by atoms with Crippen molar-refractivity contribution < 1.29 is 6.11 Å². The van der Waals surface area contributed by atoms with E-state index in [9.17, 15) is 0 Å². The van der Waals surface area contributed by atoms with Gasteiger partial charge >= 0.3 is 0 Å². The largest absolute Gasteiger partial charge is 0.375 e. The van der Waals surface area contributed by atoms with Gasteiger partial charge < -0.3 is 10.1 Å². The lowest BCUT2D eigenvalue weighted by Gasteiger charge is -2.36. The average molecular weight is 259 g/mol. The van der Waals surface area contributed by atoms with E-state index in [0.717, 1.165) is 30.2 Å². The summed E-state index contributed by atoms with van der Waals surface area (Å²) in [6.07, 6.45) is 5.44. The van der Waals surface area contributed by atoms with E-state index in [1.54, 1.807) is 18.5 Å². The third-order valence-corrected chi connectivity index (χ3v) is 3.43. The van der Waals surface area contributed by atoms with Gasteiger partial charge in [-0.05, 0) is 32.8 Å². The maximum atomic E-state index is 7.79. The van der Waals surface area contributed by atoms with Crippen LogP contribution in [-0.4, -0.2) is 33.4 Å². The fourth-order valence-electron chi connectivity index (χ4n) is 2.52. The molecule has 0 bridgehead atoms. The van der Waals surface area contributed by atoms with Crippen LogP contribution < -0.4 is 5.32 Å². The molecule has 2 aromatic heterocycles. The summed E-state index contributed by atoms with van der Waals surface area (Å²) in [6, 6.07) is 2.10. The van der Waals surface area contributed by atoms with Crippen LogP contribution >= 0.6 is 0 Å². The van der Waals surface area contributed by atoms with Crippen molar-refractivity contribution in [3.8, 4) is 0 Å². The summed E-state index contributed by atoms with van der Waals surface area (Å²) < 4.78 is 13.5. The minimum Gasteiger partial charge on any atom is -0.375 e. The number of anilines is 1. The van der Waals surface area contributed by atoms with Crippen LogP contribution in [0.5, 0.6) is 0 Å². The normalized spacial score (nSPS) is 23.1. The standard InChI is InChI=1S/C14H18N4O/c1-14(2)7-11(4-6-19-14)17-13-12-9-15-5-3-10(12)8-16-18-13/h3,5,8-9,11H,4,6-7H2,1-2H3,(H,17,18)/i8D. The lowest BCUT2D eigenvalue weighted by molar-refractivity contribution is -0.0553. The molecule has 0 spiro atoms. The summed E-state index contributed by atoms with van der Waals surface area (Å²) in [4.78, 5) is 4.12. The van der Waals surface area contributed by atoms with Crippen molar-refractivity contribution in [2.75, 3.05) is 11.9 Å². The third-order valence-electron chi connectivity index (χ3n) is 3.43. The molecule has 5 heteroatoms. The molecule has 1 aliphatic rings. The van der Waals surface area contributed by atoms with Gasteiger partial charge in [-0.15, -0.1) is 5.10 Å². The second-order valence-electron chi connectivity index (χ2n) is 5.52. The zero-order valence-electron chi connectivity index (χ0n) is 12.2. The van der Waals surface area contributed by atoms with Gasteiger partial charge in [-0.25, -0.2) is 0 Å². The minimum absolute atomic E-state index is 0.118. The van der Waals surface area contributed by atoms with Crippen molar-refractivity contribution in [3.63, 3.8) is 0 Å². The number of fused-ring (bicyclic) bond motifs is 1. The highest BCUT2D eigenvalue weighted by atomic mass is 16.5. The monoisotopic (exact) mass is 259 g/mol. The molecule has 3 heterocycles. The highest BCUT2D eigenvalue weighted by Gasteiger charge is 2.29. The molecule has 3 rings (SSSR count). The number of nitrogens with one attached hydrogen (secondary N) is 1. The number of ether oxygens (including phenoxy) is 1. The molecule has 1 atom stereocenters. The first-order valence-electron chi connectivity index (χ1n) is 7.03. The zero-order valence-corrected chi connectivity index (χ0v) is 11.2. The van der Waals surface area contributed by atoms with E-state index in [4.69, 9.17) is 6.11 Å². The van der Waals surface area contributed by atoms with Gasteiger partial charge in [0.2, 0.25) is 0 Å². The second-order valence-corrected chi connectivity index (χ2v) is 5.52. The van der Waals surface area contributed by atoms with E-state index in [-0.39, 0.29) is 11.8 Å². The van der Waals surface area contributed by atoms with Crippen LogP contribution in [0.4, 0.5) is 5.82 Å². The van der Waals surface area contributed by atoms with Crippen LogP contribution in [0.3, 0.4) is 0 Å². The summed E-state index contributed by atoms with van der Waals surface area (Å²) in [5.41, 5.74) is -0.118. The molecule has 19 heavy (non-hydrogen) atoms. The molecular weight excluding hydrogens is 240 g/mol. The fourth-order valence-corrected chi connectivity index (χ4v) is 2.52. The van der Waals surface area contributed by atoms with Crippen LogP contribution in [0, 0.1) is 0 Å². The third kappa shape index (κ3) is 2.66. The Morgan fingerprint density at radius 2 is 2.42 bits per heavy atom. The number of rotatable bonds is 2. The van der Waals surface area contributed by atoms with Crippen LogP contribution in [0.1, 0.15) is 28.1 Å². The Kier molecular flexibility index (Phi) is 2.77. The van der Waals surface area contributed by atoms with E-state index in [0.29, 0.717) is 11.9 Å². The number of aromatic nitrogens is 3. The van der Waals surface area contributed by atoms with Gasteiger partial charge in [0.05, 0.1) is 13.1 Å². The molecule has 1 saturated heterocycles. The topological polar surface area (TPSA) is 59.9 Å². The Morgan fingerprint density at radius 1 is 1.53 bits per heavy atom. The molecule has 5 nitrogen and oxygen atoms in total. The number of nitrogens with zero attached hydrogens (tertiary/aromatic N) is 3. The molecule has 1 unspecified atom stereocenters. The summed E-state index contributed by atoms with van der Waals surface area (Å²) in [5, 5.41) is 13.1. The summed E-state index contributed by atoms with van der Waals surface area (Å²) >= 11 is 0. The Labute approximate surface area is 113 Å². The first-order valence-corrected chi connectivity index (χ1v) is 6.53. The smallest absolute Gasteiger partial charge is 0.158 e. The highest BCUT2D eigenvalue weighted by molar-refractivity contribution is 5.90. The van der Waals surface area contributed by atoms with Gasteiger partial charge in [0.1, 0.15) is 0 Å². The minimum atomic E-state index is -0.118. The van der Waals surface area contributed by atoms with Gasteiger partial charge in [-0.2, -0.15) is 5.10 Å². The molecule has 0 aliphatic carbocycles. The number of hydrogen-bond acceptors (Lipinski definition) is 5. The van der Waals surface area contributed by atoms with Gasteiger partial charge in [0.15, 0.2) is 5.82 Å². The van der Waals surface area contributed by atoms with Crippen molar-refractivity contribution in [1.82, 2.24) is 15.2 Å². The second kappa shape index (κ2) is 4.74. The van der Waals surface area contributed by atoms with E-state index in [1.165, 1.54) is 0 Å². The highest BCUT2D eigenvalue weighted by Crippen LogP contribution is 2.27. The Balaban J connectivity index is 1.90. The number of hydrogen-bond donors (Lipinski definition) is 1. The van der Waals surface area contributed by atoms with Gasteiger partial charge in [-0.1, -0.05) is 0 Å². The molecule has 1 N–H and O–H groups in total. The fraction of sp³-hybridized carbons (Fsp3) is 0.500. The predicted molar refractivity (Wildman–Crippen MR) is 74.0 cm³/mol. The summed E-state index contributed by atoms with van der Waals surface area (Å²) in [5.74, 6) is 0.701. The SMILES string of the molecule is [2H]c1nnc(NC2CCOC(C)(C)C2)c2cnccc12. The molecule has 100 valence electrons. The first-order chi connectivity index (χ1) is 9.55. The Morgan fingerprint density at radius 3 is 3.26 bits per heavy atom. The molecule has 0 radical (unpaired) electrons. The quantitative estimate of drug-likeness (QED) is 0.897. The van der Waals surface area contributed by atoms with Gasteiger partial charge in [0, 0.05) is 35.8 Å². The molecular formula is C14H18N4O. The maximum Gasteiger partial charge on any atom is 0.158 e. The lowest BCUT2D eigenvalue weighted by atomic mass is 9.94. The van der Waals surface area contributed by atoms with Crippen molar-refractivity contribution >= 4 is 16.6 Å². The van der Waals surface area contributed by atoms with E-state index in [1.807, 2.05) is 0 Å². The molecule has 2 aromatic rings. The van der Waals surface area contributed by atoms with Crippen LogP contribution in [-0.2, 0) is 4.74 Å². The first kappa shape index (κ1) is 11.1. The van der Waals surface area contributed by atoms with E-state index >= 15 is 0 Å². The van der Waals surface area contributed by atoms with Crippen molar-refractivity contribution in [1.29, 1.82) is 0 Å². The Bertz CT molecular complexity index is 632. The molecule has 0 aromatic carbocycles. The van der Waals surface area contributed by atoms with Crippen LogP contribution in [0.15, 0.2) is 24.6 Å². The van der Waals surface area contributed by atoms with Crippen LogP contribution in [0.2, 0.25) is 0 Å². The maximum absolute atomic E-state index is 7.79. The zero-order chi connectivity index (χ0) is 14.2. The van der Waals surface area contributed by atoms with Crippen molar-refractivity contribution in [2.24, 2.45) is 0 Å². The van der Waals surface area contributed by atoms with Crippen molar-refractivity contribution in [2.45, 2.75) is 38.3 Å². The lowest BCUT2D eigenvalue weighted by Crippen LogP contribution is -2.40. The van der Waals surface area contributed by atoms with Crippen molar-refractivity contribution in [3.05, 3.63) is 24.6 Å². The molecule has 0 saturated carbocycles. The Hall–Kier alpha value is -1.75. The van der Waals surface area contributed by atoms with Gasteiger partial charge in [-0.3, -0.25) is 4.98 Å². The summed E-state index contributed by atoms with van der Waals surface area (Å²) in [6.45, 7) is 4.93.